The summed E-state index contributed by atoms with van der Waals surface area (Å²) in [7, 11) is 0. The molecule has 168 valence electrons. The molecular weight excluding hydrogens is 475 g/mol. The SMILES string of the molecule is CC(C(=O)NC(C)(C)C)N(Cc1ccc(Cl)cc1)C(=O)CSCc1ccc(Cl)c(Cl)c1. The lowest BCUT2D eigenvalue weighted by Gasteiger charge is -2.31. The van der Waals surface area contributed by atoms with Crippen LogP contribution in [-0.2, 0) is 21.9 Å². The van der Waals surface area contributed by atoms with Gasteiger partial charge in [-0.05, 0) is 63.1 Å². The number of hydrogen-bond acceptors (Lipinski definition) is 3. The minimum absolute atomic E-state index is 0.114. The maximum Gasteiger partial charge on any atom is 0.242 e. The Hall–Kier alpha value is -1.40. The molecule has 4 nitrogen and oxygen atoms in total. The molecule has 0 bridgehead atoms. The van der Waals surface area contributed by atoms with Gasteiger partial charge in [0.25, 0.3) is 0 Å². The van der Waals surface area contributed by atoms with E-state index in [1.807, 2.05) is 39.0 Å². The van der Waals surface area contributed by atoms with Gasteiger partial charge in [0.1, 0.15) is 6.04 Å². The van der Waals surface area contributed by atoms with Crippen LogP contribution in [0.2, 0.25) is 15.1 Å². The zero-order valence-electron chi connectivity index (χ0n) is 18.0. The van der Waals surface area contributed by atoms with Crippen molar-refractivity contribution < 1.29 is 9.59 Å². The molecule has 0 heterocycles. The van der Waals surface area contributed by atoms with Gasteiger partial charge in [-0.1, -0.05) is 53.0 Å². The molecule has 31 heavy (non-hydrogen) atoms. The molecule has 1 N–H and O–H groups in total. The van der Waals surface area contributed by atoms with E-state index in [1.54, 1.807) is 36.1 Å². The summed E-state index contributed by atoms with van der Waals surface area (Å²) in [5, 5.41) is 4.57. The van der Waals surface area contributed by atoms with Gasteiger partial charge in [0.05, 0.1) is 15.8 Å². The van der Waals surface area contributed by atoms with E-state index in [-0.39, 0.29) is 23.1 Å². The van der Waals surface area contributed by atoms with Crippen LogP contribution in [0.4, 0.5) is 0 Å². The summed E-state index contributed by atoms with van der Waals surface area (Å²) in [6.45, 7) is 7.81. The molecular formula is C23H27Cl3N2O2S. The third kappa shape index (κ3) is 8.57. The van der Waals surface area contributed by atoms with Gasteiger partial charge >= 0.3 is 0 Å². The van der Waals surface area contributed by atoms with E-state index in [0.717, 1.165) is 11.1 Å². The highest BCUT2D eigenvalue weighted by Gasteiger charge is 2.28. The number of carbonyl (C=O) groups is 2. The van der Waals surface area contributed by atoms with Crippen molar-refractivity contribution in [1.29, 1.82) is 0 Å². The van der Waals surface area contributed by atoms with Gasteiger partial charge in [0.2, 0.25) is 11.8 Å². The van der Waals surface area contributed by atoms with Crippen molar-refractivity contribution in [3.63, 3.8) is 0 Å². The summed E-state index contributed by atoms with van der Waals surface area (Å²) in [6.07, 6.45) is 0. The molecule has 1 unspecified atom stereocenters. The first-order chi connectivity index (χ1) is 14.5. The second kappa shape index (κ2) is 11.5. The van der Waals surface area contributed by atoms with E-state index in [9.17, 15) is 9.59 Å². The van der Waals surface area contributed by atoms with Gasteiger partial charge in [-0.25, -0.2) is 0 Å². The van der Waals surface area contributed by atoms with Crippen LogP contribution in [0.5, 0.6) is 0 Å². The Morgan fingerprint density at radius 2 is 1.61 bits per heavy atom. The van der Waals surface area contributed by atoms with Crippen LogP contribution in [0.1, 0.15) is 38.8 Å². The summed E-state index contributed by atoms with van der Waals surface area (Å²) in [6, 6.07) is 12.1. The molecule has 8 heteroatoms. The molecule has 2 amide bonds. The van der Waals surface area contributed by atoms with E-state index in [0.29, 0.717) is 27.4 Å². The molecule has 0 saturated heterocycles. The van der Waals surface area contributed by atoms with Crippen molar-refractivity contribution in [3.8, 4) is 0 Å². The molecule has 1 atom stereocenters. The van der Waals surface area contributed by atoms with Gasteiger partial charge in [0.15, 0.2) is 0 Å². The summed E-state index contributed by atoms with van der Waals surface area (Å²) >= 11 is 19.5. The average molecular weight is 502 g/mol. The van der Waals surface area contributed by atoms with Crippen molar-refractivity contribution in [1.82, 2.24) is 10.2 Å². The molecule has 0 spiro atoms. The minimum atomic E-state index is -0.618. The molecule has 0 saturated carbocycles. The summed E-state index contributed by atoms with van der Waals surface area (Å²) in [5.41, 5.74) is 1.50. The second-order valence-electron chi connectivity index (χ2n) is 8.30. The van der Waals surface area contributed by atoms with Gasteiger partial charge in [-0.15, -0.1) is 11.8 Å². The molecule has 0 fully saturated rings. The van der Waals surface area contributed by atoms with E-state index < -0.39 is 6.04 Å². The van der Waals surface area contributed by atoms with Crippen molar-refractivity contribution in [2.24, 2.45) is 0 Å². The van der Waals surface area contributed by atoms with E-state index >= 15 is 0 Å². The Kier molecular flexibility index (Phi) is 9.56. The first kappa shape index (κ1) is 25.9. The van der Waals surface area contributed by atoms with Crippen LogP contribution in [0, 0.1) is 0 Å². The zero-order chi connectivity index (χ0) is 23.2. The Labute approximate surface area is 203 Å². The lowest BCUT2D eigenvalue weighted by atomic mass is 10.1. The van der Waals surface area contributed by atoms with Gasteiger partial charge in [-0.3, -0.25) is 9.59 Å². The Morgan fingerprint density at radius 3 is 2.19 bits per heavy atom. The smallest absolute Gasteiger partial charge is 0.242 e. The molecule has 2 aromatic carbocycles. The summed E-state index contributed by atoms with van der Waals surface area (Å²) in [5.74, 6) is 0.543. The fraction of sp³-hybridized carbons (Fsp3) is 0.391. The largest absolute Gasteiger partial charge is 0.350 e. The van der Waals surface area contributed by atoms with Crippen LogP contribution in [0.25, 0.3) is 0 Å². The third-order valence-corrected chi connectivity index (χ3v) is 6.39. The number of rotatable bonds is 8. The standard InChI is InChI=1S/C23H27Cl3N2O2S/c1-15(22(30)27-23(2,3)4)28(12-16-5-8-18(24)9-6-16)21(29)14-31-13-17-7-10-19(25)20(26)11-17/h5-11,15H,12-14H2,1-4H3,(H,27,30). The number of benzene rings is 2. The number of nitrogens with zero attached hydrogens (tertiary/aromatic N) is 1. The molecule has 0 aromatic heterocycles. The molecule has 0 aliphatic carbocycles. The lowest BCUT2D eigenvalue weighted by molar-refractivity contribution is -0.139. The van der Waals surface area contributed by atoms with Crippen LogP contribution >= 0.6 is 46.6 Å². The normalized spacial score (nSPS) is 12.4. The summed E-state index contributed by atoms with van der Waals surface area (Å²) < 4.78 is 0. The van der Waals surface area contributed by atoms with E-state index in [2.05, 4.69) is 5.32 Å². The fourth-order valence-corrected chi connectivity index (χ4v) is 4.12. The van der Waals surface area contributed by atoms with E-state index in [4.69, 9.17) is 34.8 Å². The van der Waals surface area contributed by atoms with Crippen molar-refractivity contribution in [3.05, 3.63) is 68.7 Å². The first-order valence-electron chi connectivity index (χ1n) is 9.84. The predicted molar refractivity (Wildman–Crippen MR) is 132 cm³/mol. The number of carbonyl (C=O) groups excluding carboxylic acids is 2. The molecule has 0 aliphatic heterocycles. The third-order valence-electron chi connectivity index (χ3n) is 4.41. The van der Waals surface area contributed by atoms with E-state index in [1.165, 1.54) is 11.8 Å². The van der Waals surface area contributed by atoms with Crippen LogP contribution < -0.4 is 5.32 Å². The highest BCUT2D eigenvalue weighted by Crippen LogP contribution is 2.25. The van der Waals surface area contributed by atoms with Crippen LogP contribution in [-0.4, -0.2) is 34.0 Å². The van der Waals surface area contributed by atoms with Crippen molar-refractivity contribution in [2.45, 2.75) is 51.6 Å². The van der Waals surface area contributed by atoms with Gasteiger partial charge in [-0.2, -0.15) is 0 Å². The Bertz CT molecular complexity index is 914. The highest BCUT2D eigenvalue weighted by molar-refractivity contribution is 7.99. The number of thioether (sulfide) groups is 1. The monoisotopic (exact) mass is 500 g/mol. The lowest BCUT2D eigenvalue weighted by Crippen LogP contribution is -2.52. The molecule has 0 radical (unpaired) electrons. The number of halogens is 3. The number of hydrogen-bond donors (Lipinski definition) is 1. The van der Waals surface area contributed by atoms with Gasteiger partial charge in [0, 0.05) is 22.9 Å². The molecule has 2 aromatic rings. The first-order valence-corrected chi connectivity index (χ1v) is 12.1. The Balaban J connectivity index is 2.09. The zero-order valence-corrected chi connectivity index (χ0v) is 21.1. The molecule has 2 rings (SSSR count). The van der Waals surface area contributed by atoms with Crippen molar-refractivity contribution >= 4 is 58.4 Å². The predicted octanol–water partition coefficient (Wildman–Crippen LogP) is 6.21. The number of nitrogens with one attached hydrogen (secondary N) is 1. The maximum atomic E-state index is 13.1. The highest BCUT2D eigenvalue weighted by atomic mass is 35.5. The summed E-state index contributed by atoms with van der Waals surface area (Å²) in [4.78, 5) is 27.4. The second-order valence-corrected chi connectivity index (χ2v) is 10.5. The maximum absolute atomic E-state index is 13.1. The average Bonchev–Trinajstić information content (AvgIpc) is 2.68. The number of amides is 2. The van der Waals surface area contributed by atoms with Gasteiger partial charge < -0.3 is 10.2 Å². The fourth-order valence-electron chi connectivity index (χ4n) is 2.81. The minimum Gasteiger partial charge on any atom is -0.350 e. The van der Waals surface area contributed by atoms with Crippen LogP contribution in [0.15, 0.2) is 42.5 Å². The quantitative estimate of drug-likeness (QED) is 0.468. The molecule has 0 aliphatic rings. The Morgan fingerprint density at radius 1 is 1.00 bits per heavy atom. The topological polar surface area (TPSA) is 49.4 Å². The van der Waals surface area contributed by atoms with Crippen LogP contribution in [0.3, 0.4) is 0 Å². The van der Waals surface area contributed by atoms with Crippen molar-refractivity contribution in [2.75, 3.05) is 5.75 Å².